The topological polar surface area (TPSA) is 85.3 Å². The molecule has 0 aliphatic carbocycles. The molecule has 114 valence electrons. The molecular weight excluding hydrogens is 292 g/mol. The Bertz CT molecular complexity index is 581. The molecule has 0 saturated heterocycles. The van der Waals surface area contributed by atoms with Crippen LogP contribution in [0.2, 0.25) is 5.02 Å². The number of benzene rings is 1. The van der Waals surface area contributed by atoms with Gasteiger partial charge in [0, 0.05) is 31.4 Å². The average molecular weight is 311 g/mol. The van der Waals surface area contributed by atoms with Crippen molar-refractivity contribution in [2.75, 3.05) is 32.0 Å². The molecule has 21 heavy (non-hydrogen) atoms. The van der Waals surface area contributed by atoms with Crippen LogP contribution in [0.5, 0.6) is 5.75 Å². The van der Waals surface area contributed by atoms with Crippen molar-refractivity contribution in [1.29, 1.82) is 0 Å². The number of nitrogens with zero attached hydrogens (tertiary/aromatic N) is 2. The molecule has 4 N–H and O–H groups in total. The Morgan fingerprint density at radius 1 is 1.43 bits per heavy atom. The van der Waals surface area contributed by atoms with Crippen molar-refractivity contribution < 1.29 is 9.84 Å². The second kappa shape index (κ2) is 7.31. The van der Waals surface area contributed by atoms with Crippen LogP contribution in [0.3, 0.4) is 0 Å². The van der Waals surface area contributed by atoms with Gasteiger partial charge < -0.3 is 20.9 Å². The predicted molar refractivity (Wildman–Crippen MR) is 83.5 cm³/mol. The maximum absolute atomic E-state index is 8.70. The lowest BCUT2D eigenvalue weighted by Gasteiger charge is -2.13. The number of halogens is 1. The average Bonchev–Trinajstić information content (AvgIpc) is 2.79. The Morgan fingerprint density at radius 2 is 2.24 bits per heavy atom. The van der Waals surface area contributed by atoms with E-state index in [1.54, 1.807) is 16.9 Å². The first-order valence-electron chi connectivity index (χ1n) is 6.65. The van der Waals surface area contributed by atoms with Crippen LogP contribution in [0.25, 0.3) is 11.3 Å². The highest BCUT2D eigenvalue weighted by molar-refractivity contribution is 6.33. The minimum absolute atomic E-state index is 0.109. The first kappa shape index (κ1) is 15.6. The van der Waals surface area contributed by atoms with E-state index in [9.17, 15) is 0 Å². The van der Waals surface area contributed by atoms with Crippen molar-refractivity contribution in [1.82, 2.24) is 15.1 Å². The number of nitrogens with two attached hydrogens (primary N) is 1. The summed E-state index contributed by atoms with van der Waals surface area (Å²) >= 11 is 6.19. The predicted octanol–water partition coefficient (Wildman–Crippen LogP) is 1.28. The summed E-state index contributed by atoms with van der Waals surface area (Å²) in [5.74, 6) is 0.695. The number of ether oxygens (including phenoxy) is 1. The lowest BCUT2D eigenvalue weighted by Crippen LogP contribution is -2.24. The SMILES string of the molecule is Cn1ncc(Cl)c1-c1cc(N)ccc1OCCNCCO. The van der Waals surface area contributed by atoms with Gasteiger partial charge in [0.2, 0.25) is 0 Å². The van der Waals surface area contributed by atoms with E-state index in [0.717, 1.165) is 11.3 Å². The molecule has 0 radical (unpaired) electrons. The Morgan fingerprint density at radius 3 is 2.90 bits per heavy atom. The van der Waals surface area contributed by atoms with Gasteiger partial charge >= 0.3 is 0 Å². The molecule has 0 spiro atoms. The van der Waals surface area contributed by atoms with Gasteiger partial charge in [0.25, 0.3) is 0 Å². The van der Waals surface area contributed by atoms with Crippen LogP contribution in [0.1, 0.15) is 0 Å². The van der Waals surface area contributed by atoms with Gasteiger partial charge in [-0.1, -0.05) is 11.6 Å². The zero-order valence-corrected chi connectivity index (χ0v) is 12.6. The number of anilines is 1. The molecular formula is C14H19ClN4O2. The van der Waals surface area contributed by atoms with E-state index in [1.165, 1.54) is 0 Å². The summed E-state index contributed by atoms with van der Waals surface area (Å²) in [4.78, 5) is 0. The summed E-state index contributed by atoms with van der Waals surface area (Å²) in [5.41, 5.74) is 8.07. The van der Waals surface area contributed by atoms with Crippen LogP contribution in [-0.4, -0.2) is 41.2 Å². The Hall–Kier alpha value is -1.76. The smallest absolute Gasteiger partial charge is 0.128 e. The largest absolute Gasteiger partial charge is 0.492 e. The highest BCUT2D eigenvalue weighted by Crippen LogP contribution is 2.35. The summed E-state index contributed by atoms with van der Waals surface area (Å²) in [7, 11) is 1.82. The minimum atomic E-state index is 0.109. The van der Waals surface area contributed by atoms with Crippen molar-refractivity contribution in [3.63, 3.8) is 0 Å². The fourth-order valence-electron chi connectivity index (χ4n) is 2.01. The highest BCUT2D eigenvalue weighted by Gasteiger charge is 2.15. The molecule has 0 saturated carbocycles. The Labute approximate surface area is 128 Å². The second-order valence-electron chi connectivity index (χ2n) is 4.54. The quantitative estimate of drug-likeness (QED) is 0.530. The molecule has 0 unspecified atom stereocenters. The first-order chi connectivity index (χ1) is 10.1. The fraction of sp³-hybridized carbons (Fsp3) is 0.357. The molecule has 0 aliphatic rings. The molecule has 0 aliphatic heterocycles. The Balaban J connectivity index is 2.18. The second-order valence-corrected chi connectivity index (χ2v) is 4.95. The van der Waals surface area contributed by atoms with Gasteiger partial charge in [-0.25, -0.2) is 0 Å². The van der Waals surface area contributed by atoms with E-state index in [4.69, 9.17) is 27.2 Å². The van der Waals surface area contributed by atoms with E-state index >= 15 is 0 Å². The van der Waals surface area contributed by atoms with Gasteiger partial charge in [0.1, 0.15) is 12.4 Å². The zero-order valence-electron chi connectivity index (χ0n) is 11.8. The van der Waals surface area contributed by atoms with Crippen LogP contribution in [0.4, 0.5) is 5.69 Å². The maximum Gasteiger partial charge on any atom is 0.128 e. The van der Waals surface area contributed by atoms with E-state index < -0.39 is 0 Å². The maximum atomic E-state index is 8.70. The molecule has 0 atom stereocenters. The number of rotatable bonds is 7. The van der Waals surface area contributed by atoms with Crippen LogP contribution in [-0.2, 0) is 7.05 Å². The summed E-state index contributed by atoms with van der Waals surface area (Å²) in [5, 5.41) is 16.4. The third kappa shape index (κ3) is 3.87. The molecule has 0 amide bonds. The van der Waals surface area contributed by atoms with E-state index in [1.807, 2.05) is 19.2 Å². The highest BCUT2D eigenvalue weighted by atomic mass is 35.5. The van der Waals surface area contributed by atoms with Crippen molar-refractivity contribution in [3.8, 4) is 17.0 Å². The molecule has 2 rings (SSSR count). The standard InChI is InChI=1S/C14H19ClN4O2/c1-19-14(12(15)9-18-19)11-8-10(16)2-3-13(11)21-7-5-17-4-6-20/h2-3,8-9,17,20H,4-7,16H2,1H3. The number of nitrogen functional groups attached to an aromatic ring is 1. The number of aryl methyl sites for hydroxylation is 1. The van der Waals surface area contributed by atoms with Gasteiger partial charge in [0.15, 0.2) is 0 Å². The fourth-order valence-corrected chi connectivity index (χ4v) is 2.28. The Kier molecular flexibility index (Phi) is 5.44. The lowest BCUT2D eigenvalue weighted by molar-refractivity contribution is 0.276. The minimum Gasteiger partial charge on any atom is -0.492 e. The molecule has 1 aromatic heterocycles. The number of hydrogen-bond acceptors (Lipinski definition) is 5. The first-order valence-corrected chi connectivity index (χ1v) is 7.03. The van der Waals surface area contributed by atoms with Crippen molar-refractivity contribution in [3.05, 3.63) is 29.4 Å². The number of aliphatic hydroxyl groups is 1. The summed E-state index contributed by atoms with van der Waals surface area (Å²) in [6.45, 7) is 1.78. The normalized spacial score (nSPS) is 10.8. The molecule has 1 heterocycles. The van der Waals surface area contributed by atoms with Gasteiger partial charge in [-0.05, 0) is 18.2 Å². The summed E-state index contributed by atoms with van der Waals surface area (Å²) < 4.78 is 7.46. The van der Waals surface area contributed by atoms with Gasteiger partial charge in [-0.2, -0.15) is 5.10 Å². The van der Waals surface area contributed by atoms with Gasteiger partial charge in [0.05, 0.1) is 23.5 Å². The third-order valence-corrected chi connectivity index (χ3v) is 3.25. The molecule has 0 bridgehead atoms. The number of nitrogens with one attached hydrogen (secondary N) is 1. The third-order valence-electron chi connectivity index (χ3n) is 2.98. The van der Waals surface area contributed by atoms with Crippen LogP contribution < -0.4 is 15.8 Å². The van der Waals surface area contributed by atoms with E-state index in [-0.39, 0.29) is 6.61 Å². The van der Waals surface area contributed by atoms with Crippen molar-refractivity contribution in [2.24, 2.45) is 7.05 Å². The van der Waals surface area contributed by atoms with Crippen LogP contribution >= 0.6 is 11.6 Å². The zero-order chi connectivity index (χ0) is 15.2. The lowest BCUT2D eigenvalue weighted by atomic mass is 10.1. The van der Waals surface area contributed by atoms with E-state index in [2.05, 4.69) is 10.4 Å². The van der Waals surface area contributed by atoms with Gasteiger partial charge in [-0.15, -0.1) is 0 Å². The van der Waals surface area contributed by atoms with E-state index in [0.29, 0.717) is 36.2 Å². The summed E-state index contributed by atoms with van der Waals surface area (Å²) in [6.07, 6.45) is 1.59. The molecule has 6 nitrogen and oxygen atoms in total. The van der Waals surface area contributed by atoms with Gasteiger partial charge in [-0.3, -0.25) is 4.68 Å². The van der Waals surface area contributed by atoms with Crippen LogP contribution in [0, 0.1) is 0 Å². The molecule has 2 aromatic rings. The molecule has 0 fully saturated rings. The number of aliphatic hydroxyl groups excluding tert-OH is 1. The molecule has 1 aromatic carbocycles. The van der Waals surface area contributed by atoms with Crippen LogP contribution in [0.15, 0.2) is 24.4 Å². The number of hydrogen-bond donors (Lipinski definition) is 3. The van der Waals surface area contributed by atoms with Crippen molar-refractivity contribution in [2.45, 2.75) is 0 Å². The summed E-state index contributed by atoms with van der Waals surface area (Å²) in [6, 6.07) is 5.42. The number of aromatic nitrogens is 2. The van der Waals surface area contributed by atoms with Crippen molar-refractivity contribution >= 4 is 17.3 Å². The molecule has 7 heteroatoms. The monoisotopic (exact) mass is 310 g/mol.